The molecule has 9 nitrogen and oxygen atoms in total. The summed E-state index contributed by atoms with van der Waals surface area (Å²) in [5, 5.41) is 14.2. The molecule has 1 aromatic rings. The minimum Gasteiger partial charge on any atom is -0.427 e. The van der Waals surface area contributed by atoms with E-state index in [0.717, 1.165) is 0 Å². The maximum Gasteiger partial charge on any atom is 0.358 e. The second kappa shape index (κ2) is 8.43. The molecule has 0 spiro atoms. The first-order chi connectivity index (χ1) is 14.5. The number of hydrogen-bond donors (Lipinski definition) is 2. The Morgan fingerprint density at radius 2 is 2.00 bits per heavy atom. The summed E-state index contributed by atoms with van der Waals surface area (Å²) in [5.41, 5.74) is 0.313. The number of aliphatic hydroxyl groups excluding tert-OH is 1. The van der Waals surface area contributed by atoms with Gasteiger partial charge in [-0.1, -0.05) is 0 Å². The number of carbonyl (C=O) groups is 4. The Morgan fingerprint density at radius 1 is 1.32 bits per heavy atom. The molecule has 2 aliphatic heterocycles. The lowest BCUT2D eigenvalue weighted by Crippen LogP contribution is -2.61. The van der Waals surface area contributed by atoms with Crippen LogP contribution in [0, 0.1) is 11.3 Å². The molecule has 3 atom stereocenters. The molecule has 0 bridgehead atoms. The fourth-order valence-electron chi connectivity index (χ4n) is 3.66. The van der Waals surface area contributed by atoms with Crippen molar-refractivity contribution >= 4 is 40.7 Å². The van der Waals surface area contributed by atoms with E-state index in [1.165, 1.54) is 30.2 Å². The van der Waals surface area contributed by atoms with Gasteiger partial charge in [0.25, 0.3) is 5.91 Å². The molecular weight excluding hydrogens is 424 g/mol. The first-order valence-corrected chi connectivity index (χ1v) is 10.7. The van der Waals surface area contributed by atoms with Gasteiger partial charge in [-0.2, -0.15) is 0 Å². The Hall–Kier alpha value is -2.72. The molecule has 1 aromatic heterocycles. The third kappa shape index (κ3) is 4.22. The molecule has 1 saturated heterocycles. The number of amides is 2. The molecule has 0 aromatic carbocycles. The minimum absolute atomic E-state index is 0.0593. The van der Waals surface area contributed by atoms with E-state index < -0.39 is 36.2 Å². The lowest BCUT2D eigenvalue weighted by atomic mass is 9.83. The van der Waals surface area contributed by atoms with Gasteiger partial charge in [-0.05, 0) is 40.2 Å². The fourth-order valence-corrected chi connectivity index (χ4v) is 4.60. The highest BCUT2D eigenvalue weighted by Gasteiger charge is 2.57. The van der Waals surface area contributed by atoms with E-state index in [0.29, 0.717) is 22.4 Å². The van der Waals surface area contributed by atoms with Crippen LogP contribution in [0.3, 0.4) is 0 Å². The molecule has 1 fully saturated rings. The van der Waals surface area contributed by atoms with E-state index in [2.05, 4.69) is 5.32 Å². The molecule has 0 aliphatic carbocycles. The van der Waals surface area contributed by atoms with Crippen molar-refractivity contribution in [2.75, 3.05) is 13.8 Å². The average Bonchev–Trinajstić information content (AvgIpc) is 3.28. The summed E-state index contributed by atoms with van der Waals surface area (Å²) < 4.78 is 10.1. The van der Waals surface area contributed by atoms with Gasteiger partial charge in [-0.25, -0.2) is 4.79 Å². The summed E-state index contributed by atoms with van der Waals surface area (Å²) in [6.45, 7) is 5.99. The number of nitrogens with one attached hydrogen (secondary N) is 1. The van der Waals surface area contributed by atoms with Gasteiger partial charge in [0.15, 0.2) is 0 Å². The van der Waals surface area contributed by atoms with Crippen LogP contribution in [0.15, 0.2) is 17.1 Å². The quantitative estimate of drug-likeness (QED) is 0.383. The fraction of sp³-hybridized carbons (Fsp3) is 0.524. The molecule has 2 aliphatic rings. The molecule has 10 heteroatoms. The number of carbonyl (C=O) groups excluding carboxylic acids is 4. The Labute approximate surface area is 184 Å². The normalized spacial score (nSPS) is 21.4. The van der Waals surface area contributed by atoms with Gasteiger partial charge in [0.05, 0.1) is 29.0 Å². The first-order valence-electron chi connectivity index (χ1n) is 9.87. The van der Waals surface area contributed by atoms with E-state index in [1.54, 1.807) is 32.2 Å². The summed E-state index contributed by atoms with van der Waals surface area (Å²) in [6, 6.07) is 1.28. The second-order valence-electron chi connectivity index (χ2n) is 8.58. The van der Waals surface area contributed by atoms with Crippen LogP contribution in [0.2, 0.25) is 0 Å². The third-order valence-electron chi connectivity index (χ3n) is 5.30. The second-order valence-corrected chi connectivity index (χ2v) is 9.49. The van der Waals surface area contributed by atoms with Crippen LogP contribution in [0.1, 0.15) is 49.4 Å². The summed E-state index contributed by atoms with van der Waals surface area (Å²) >= 11 is 1.27. The van der Waals surface area contributed by atoms with Crippen molar-refractivity contribution in [2.45, 2.75) is 46.3 Å². The number of ether oxygens (including phenoxy) is 2. The number of nitrogens with zero attached hydrogens (tertiary/aromatic N) is 1. The van der Waals surface area contributed by atoms with Crippen molar-refractivity contribution < 1.29 is 33.8 Å². The molecule has 0 saturated carbocycles. The van der Waals surface area contributed by atoms with Crippen molar-refractivity contribution in [2.24, 2.45) is 11.3 Å². The number of esters is 2. The zero-order chi connectivity index (χ0) is 23.1. The Kier molecular flexibility index (Phi) is 6.24. The first kappa shape index (κ1) is 23.0. The van der Waals surface area contributed by atoms with Crippen LogP contribution in [-0.2, 0) is 23.9 Å². The van der Waals surface area contributed by atoms with E-state index in [4.69, 9.17) is 9.47 Å². The zero-order valence-electron chi connectivity index (χ0n) is 18.1. The largest absolute Gasteiger partial charge is 0.427 e. The number of hydrogen-bond acceptors (Lipinski definition) is 8. The number of thiophene rings is 1. The summed E-state index contributed by atoms with van der Waals surface area (Å²) in [4.78, 5) is 51.3. The maximum absolute atomic E-state index is 12.9. The number of fused-ring (bicyclic) bond motifs is 1. The van der Waals surface area contributed by atoms with Crippen molar-refractivity contribution in [3.05, 3.63) is 27.6 Å². The number of aliphatic hydroxyl groups is 1. The van der Waals surface area contributed by atoms with Gasteiger partial charge in [-0.15, -0.1) is 11.3 Å². The van der Waals surface area contributed by atoms with E-state index >= 15 is 0 Å². The smallest absolute Gasteiger partial charge is 0.358 e. The van der Waals surface area contributed by atoms with Gasteiger partial charge >= 0.3 is 11.9 Å². The SMILES string of the molecule is CNC(=O)c1csc(C2=C(C(=O)OCOC(=O)C(C)(C)C)N3C(=O)C([C@@H](C)O)C3C2)c1. The van der Waals surface area contributed by atoms with Crippen LogP contribution < -0.4 is 5.32 Å². The molecule has 2 unspecified atom stereocenters. The van der Waals surface area contributed by atoms with Crippen molar-refractivity contribution in [3.8, 4) is 0 Å². The molecule has 3 heterocycles. The topological polar surface area (TPSA) is 122 Å². The molecular formula is C21H26N2O7S. The molecule has 2 amide bonds. The third-order valence-corrected chi connectivity index (χ3v) is 6.29. The Morgan fingerprint density at radius 3 is 2.58 bits per heavy atom. The van der Waals surface area contributed by atoms with Crippen LogP contribution in [0.5, 0.6) is 0 Å². The van der Waals surface area contributed by atoms with Gasteiger partial charge in [0.2, 0.25) is 12.7 Å². The van der Waals surface area contributed by atoms with Crippen molar-refractivity contribution in [3.63, 3.8) is 0 Å². The molecule has 31 heavy (non-hydrogen) atoms. The van der Waals surface area contributed by atoms with Gasteiger partial charge in [0.1, 0.15) is 5.70 Å². The van der Waals surface area contributed by atoms with E-state index in [9.17, 15) is 24.3 Å². The highest BCUT2D eigenvalue weighted by molar-refractivity contribution is 7.11. The lowest BCUT2D eigenvalue weighted by molar-refractivity contribution is -0.175. The zero-order valence-corrected chi connectivity index (χ0v) is 18.9. The summed E-state index contributed by atoms with van der Waals surface area (Å²) in [7, 11) is 1.52. The number of rotatable bonds is 6. The molecule has 2 N–H and O–H groups in total. The highest BCUT2D eigenvalue weighted by Crippen LogP contribution is 2.48. The molecule has 3 rings (SSSR count). The minimum atomic E-state index is -0.858. The monoisotopic (exact) mass is 450 g/mol. The van der Waals surface area contributed by atoms with Gasteiger partial charge < -0.3 is 24.8 Å². The van der Waals surface area contributed by atoms with E-state index in [-0.39, 0.29) is 23.6 Å². The summed E-state index contributed by atoms with van der Waals surface area (Å²) in [5.74, 6) is -2.57. The number of β-lactam (4-membered cyclic amide) rings is 1. The predicted octanol–water partition coefficient (Wildman–Crippen LogP) is 1.52. The highest BCUT2D eigenvalue weighted by atomic mass is 32.1. The van der Waals surface area contributed by atoms with Crippen LogP contribution in [0.4, 0.5) is 0 Å². The standard InChI is InChI=1S/C21H26N2O7S/c1-10(24)15-13-7-12(14-6-11(8-31-14)17(25)22-5)16(23(13)18(15)26)19(27)29-9-30-20(28)21(2,3)4/h6,8,10,13,15,24H,7,9H2,1-5H3,(H,22,25)/t10-,13?,15?/m1/s1. The Balaban J connectivity index is 1.86. The van der Waals surface area contributed by atoms with Gasteiger partial charge in [-0.3, -0.25) is 14.4 Å². The van der Waals surface area contributed by atoms with Crippen LogP contribution in [-0.4, -0.2) is 59.7 Å². The Bertz CT molecular complexity index is 957. The van der Waals surface area contributed by atoms with Crippen molar-refractivity contribution in [1.82, 2.24) is 10.2 Å². The van der Waals surface area contributed by atoms with Crippen LogP contribution >= 0.6 is 11.3 Å². The van der Waals surface area contributed by atoms with Crippen molar-refractivity contribution in [1.29, 1.82) is 0 Å². The maximum atomic E-state index is 12.9. The molecule has 0 radical (unpaired) electrons. The lowest BCUT2D eigenvalue weighted by Gasteiger charge is -2.44. The van der Waals surface area contributed by atoms with Crippen LogP contribution in [0.25, 0.3) is 5.57 Å². The molecule has 168 valence electrons. The van der Waals surface area contributed by atoms with Gasteiger partial charge in [0, 0.05) is 22.9 Å². The summed E-state index contributed by atoms with van der Waals surface area (Å²) in [6.07, 6.45) is -0.510. The van der Waals surface area contributed by atoms with E-state index in [1.807, 2.05) is 0 Å². The predicted molar refractivity (Wildman–Crippen MR) is 112 cm³/mol. The average molecular weight is 451 g/mol.